The van der Waals surface area contributed by atoms with Crippen LogP contribution in [0.2, 0.25) is 0 Å². The van der Waals surface area contributed by atoms with Gasteiger partial charge in [0, 0.05) is 34.8 Å². The highest BCUT2D eigenvalue weighted by atomic mass is 16.5. The van der Waals surface area contributed by atoms with Gasteiger partial charge in [-0.25, -0.2) is 9.97 Å². The molecule has 0 saturated carbocycles. The molecule has 0 spiro atoms. The fraction of sp³-hybridized carbons (Fsp3) is 0.241. The van der Waals surface area contributed by atoms with Crippen LogP contribution in [-0.4, -0.2) is 32.3 Å². The van der Waals surface area contributed by atoms with Crippen LogP contribution in [0.1, 0.15) is 36.8 Å². The number of esters is 1. The highest BCUT2D eigenvalue weighted by molar-refractivity contribution is 5.85. The summed E-state index contributed by atoms with van der Waals surface area (Å²) in [6, 6.07) is 16.3. The van der Waals surface area contributed by atoms with Crippen LogP contribution < -0.4 is 5.32 Å². The monoisotopic (exact) mass is 495 g/mol. The zero-order valence-corrected chi connectivity index (χ0v) is 21.4. The summed E-state index contributed by atoms with van der Waals surface area (Å²) in [7, 11) is 0. The lowest BCUT2D eigenvalue weighted by Crippen LogP contribution is -2.13. The van der Waals surface area contributed by atoms with Crippen LogP contribution in [0, 0.1) is 13.8 Å². The van der Waals surface area contributed by atoms with E-state index in [-0.39, 0.29) is 18.6 Å². The highest BCUT2D eigenvalue weighted by Crippen LogP contribution is 2.29. The van der Waals surface area contributed by atoms with E-state index in [0.29, 0.717) is 12.4 Å². The van der Waals surface area contributed by atoms with Gasteiger partial charge in [0.25, 0.3) is 0 Å². The van der Waals surface area contributed by atoms with Crippen molar-refractivity contribution in [2.45, 2.75) is 40.3 Å². The quantitative estimate of drug-likeness (QED) is 0.260. The summed E-state index contributed by atoms with van der Waals surface area (Å²) in [6.45, 7) is 8.27. The first kappa shape index (κ1) is 24.2. The van der Waals surface area contributed by atoms with Gasteiger partial charge in [-0.2, -0.15) is 5.10 Å². The average Bonchev–Trinajstić information content (AvgIpc) is 3.50. The van der Waals surface area contributed by atoms with Crippen LogP contribution in [0.5, 0.6) is 0 Å². The van der Waals surface area contributed by atoms with Crippen molar-refractivity contribution in [2.75, 3.05) is 11.9 Å². The molecule has 3 heterocycles. The van der Waals surface area contributed by atoms with Crippen LogP contribution in [0.3, 0.4) is 0 Å². The molecule has 0 aliphatic rings. The Bertz CT molecular complexity index is 1570. The molecule has 37 heavy (non-hydrogen) atoms. The standard InChI is InChI=1S/C29H29N5O3/c1-5-36-29(35)16-34-15-24(14-30-34)22-8-6-7-21(11-22)19(3)31-28-13-26(32-20(4)33-28)23-9-10-27-25(12-23)18(2)17-37-27/h6-15,17,19H,5,16H2,1-4H3,(H,31,32,33). The largest absolute Gasteiger partial charge is 0.465 e. The van der Waals surface area contributed by atoms with E-state index < -0.39 is 0 Å². The lowest BCUT2D eigenvalue weighted by atomic mass is 10.0. The van der Waals surface area contributed by atoms with Crippen molar-refractivity contribution in [3.63, 3.8) is 0 Å². The van der Waals surface area contributed by atoms with Gasteiger partial charge in [0.15, 0.2) is 0 Å². The molecule has 0 aliphatic carbocycles. The number of ether oxygens (including phenoxy) is 1. The van der Waals surface area contributed by atoms with Gasteiger partial charge in [-0.3, -0.25) is 9.48 Å². The van der Waals surface area contributed by atoms with Gasteiger partial charge in [0.1, 0.15) is 23.8 Å². The second-order valence-corrected chi connectivity index (χ2v) is 9.04. The molecule has 0 saturated heterocycles. The Balaban J connectivity index is 1.35. The van der Waals surface area contributed by atoms with Crippen molar-refractivity contribution in [3.05, 3.63) is 84.1 Å². The number of carbonyl (C=O) groups excluding carboxylic acids is 1. The number of anilines is 1. The van der Waals surface area contributed by atoms with Crippen molar-refractivity contribution < 1.29 is 13.9 Å². The molecule has 1 N–H and O–H groups in total. The number of furan rings is 1. The van der Waals surface area contributed by atoms with Gasteiger partial charge in [0.05, 0.1) is 24.8 Å². The Hall–Kier alpha value is -4.46. The van der Waals surface area contributed by atoms with Gasteiger partial charge in [-0.15, -0.1) is 0 Å². The van der Waals surface area contributed by atoms with Crippen LogP contribution >= 0.6 is 0 Å². The number of hydrogen-bond acceptors (Lipinski definition) is 7. The maximum absolute atomic E-state index is 11.8. The number of rotatable bonds is 8. The minimum absolute atomic E-state index is 0.00437. The molecular weight excluding hydrogens is 466 g/mol. The molecule has 8 heteroatoms. The molecule has 0 bridgehead atoms. The molecule has 5 rings (SSSR count). The summed E-state index contributed by atoms with van der Waals surface area (Å²) in [5.41, 5.74) is 6.88. The SMILES string of the molecule is CCOC(=O)Cn1cc(-c2cccc(C(C)Nc3cc(-c4ccc5occ(C)c5c4)nc(C)n3)c2)cn1. The Morgan fingerprint density at radius 2 is 1.95 bits per heavy atom. The minimum Gasteiger partial charge on any atom is -0.465 e. The second kappa shape index (κ2) is 10.3. The first-order valence-electron chi connectivity index (χ1n) is 12.3. The Labute approximate surface area is 215 Å². The summed E-state index contributed by atoms with van der Waals surface area (Å²) in [5, 5.41) is 8.91. The van der Waals surface area contributed by atoms with Crippen molar-refractivity contribution >= 4 is 22.8 Å². The van der Waals surface area contributed by atoms with Gasteiger partial charge >= 0.3 is 5.97 Å². The van der Waals surface area contributed by atoms with E-state index in [1.807, 2.05) is 50.4 Å². The number of carbonyl (C=O) groups is 1. The lowest BCUT2D eigenvalue weighted by molar-refractivity contribution is -0.144. The number of fused-ring (bicyclic) bond motifs is 1. The van der Waals surface area contributed by atoms with E-state index in [2.05, 4.69) is 45.5 Å². The normalized spacial score (nSPS) is 12.0. The van der Waals surface area contributed by atoms with Gasteiger partial charge in [-0.1, -0.05) is 18.2 Å². The van der Waals surface area contributed by atoms with Gasteiger partial charge in [-0.05, 0) is 68.7 Å². The molecular formula is C29H29N5O3. The van der Waals surface area contributed by atoms with E-state index in [0.717, 1.165) is 50.3 Å². The van der Waals surface area contributed by atoms with E-state index in [1.165, 1.54) is 0 Å². The maximum atomic E-state index is 11.8. The van der Waals surface area contributed by atoms with Gasteiger partial charge < -0.3 is 14.5 Å². The van der Waals surface area contributed by atoms with Crippen molar-refractivity contribution in [1.82, 2.24) is 19.7 Å². The van der Waals surface area contributed by atoms with Crippen molar-refractivity contribution in [2.24, 2.45) is 0 Å². The molecule has 0 aliphatic heterocycles. The van der Waals surface area contributed by atoms with Gasteiger partial charge in [0.2, 0.25) is 0 Å². The topological polar surface area (TPSA) is 95.1 Å². The molecule has 0 fully saturated rings. The second-order valence-electron chi connectivity index (χ2n) is 9.04. The number of hydrogen-bond donors (Lipinski definition) is 1. The summed E-state index contributed by atoms with van der Waals surface area (Å²) in [5.74, 6) is 1.15. The third-order valence-electron chi connectivity index (χ3n) is 6.21. The smallest absolute Gasteiger partial charge is 0.327 e. The number of nitrogens with one attached hydrogen (secondary N) is 1. The molecule has 0 amide bonds. The zero-order chi connectivity index (χ0) is 25.9. The fourth-order valence-electron chi connectivity index (χ4n) is 4.34. The summed E-state index contributed by atoms with van der Waals surface area (Å²) in [6.07, 6.45) is 5.38. The number of nitrogens with zero attached hydrogens (tertiary/aromatic N) is 4. The first-order chi connectivity index (χ1) is 17.9. The summed E-state index contributed by atoms with van der Waals surface area (Å²) >= 11 is 0. The number of aryl methyl sites for hydroxylation is 2. The zero-order valence-electron chi connectivity index (χ0n) is 21.4. The van der Waals surface area contributed by atoms with E-state index in [4.69, 9.17) is 9.15 Å². The molecule has 3 aromatic heterocycles. The molecule has 0 radical (unpaired) electrons. The summed E-state index contributed by atoms with van der Waals surface area (Å²) < 4.78 is 12.2. The molecule has 2 aromatic carbocycles. The van der Waals surface area contributed by atoms with Crippen LogP contribution in [0.4, 0.5) is 5.82 Å². The third-order valence-corrected chi connectivity index (χ3v) is 6.21. The molecule has 8 nitrogen and oxygen atoms in total. The number of benzene rings is 2. The highest BCUT2D eigenvalue weighted by Gasteiger charge is 2.13. The number of aromatic nitrogens is 4. The fourth-order valence-corrected chi connectivity index (χ4v) is 4.34. The Kier molecular flexibility index (Phi) is 6.72. The average molecular weight is 496 g/mol. The van der Waals surface area contributed by atoms with Crippen LogP contribution in [0.25, 0.3) is 33.4 Å². The summed E-state index contributed by atoms with van der Waals surface area (Å²) in [4.78, 5) is 21.1. The third kappa shape index (κ3) is 5.38. The maximum Gasteiger partial charge on any atom is 0.327 e. The predicted octanol–water partition coefficient (Wildman–Crippen LogP) is 6.11. The molecule has 1 atom stereocenters. The predicted molar refractivity (Wildman–Crippen MR) is 143 cm³/mol. The van der Waals surface area contributed by atoms with Crippen LogP contribution in [0.15, 0.2) is 71.6 Å². The van der Waals surface area contributed by atoms with Crippen LogP contribution in [-0.2, 0) is 16.1 Å². The van der Waals surface area contributed by atoms with Crippen molar-refractivity contribution in [3.8, 4) is 22.4 Å². The Morgan fingerprint density at radius 3 is 2.78 bits per heavy atom. The van der Waals surface area contributed by atoms with E-state index in [1.54, 1.807) is 24.1 Å². The van der Waals surface area contributed by atoms with Crippen molar-refractivity contribution in [1.29, 1.82) is 0 Å². The van der Waals surface area contributed by atoms with E-state index in [9.17, 15) is 4.79 Å². The first-order valence-corrected chi connectivity index (χ1v) is 12.3. The molecule has 188 valence electrons. The lowest BCUT2D eigenvalue weighted by Gasteiger charge is -2.17. The minimum atomic E-state index is -0.303. The Morgan fingerprint density at radius 1 is 1.08 bits per heavy atom. The van der Waals surface area contributed by atoms with E-state index >= 15 is 0 Å². The molecule has 5 aromatic rings. The molecule has 1 unspecified atom stereocenters.